The van der Waals surface area contributed by atoms with E-state index in [1.807, 2.05) is 0 Å². The van der Waals surface area contributed by atoms with Crippen molar-refractivity contribution in [3.05, 3.63) is 63.3 Å². The van der Waals surface area contributed by atoms with Gasteiger partial charge in [-0.25, -0.2) is 4.79 Å². The molecular formula is C19H16Cl2N2O4. The largest absolute Gasteiger partial charge is 0.507 e. The van der Waals surface area contributed by atoms with Gasteiger partial charge in [-0.1, -0.05) is 29.3 Å². The Kier molecular flexibility index (Phi) is 5.30. The van der Waals surface area contributed by atoms with Crippen LogP contribution in [0.5, 0.6) is 5.75 Å². The number of aromatic hydroxyl groups is 1. The third-order valence-corrected chi connectivity index (χ3v) is 5.01. The fraction of sp³-hybridized carbons (Fsp3) is 0.158. The second kappa shape index (κ2) is 7.50. The molecule has 4 N–H and O–H groups in total. The molecule has 0 spiro atoms. The molecule has 0 bridgehead atoms. The summed E-state index contributed by atoms with van der Waals surface area (Å²) in [4.78, 5) is 27.3. The van der Waals surface area contributed by atoms with E-state index < -0.39 is 17.9 Å². The monoisotopic (exact) mass is 406 g/mol. The number of amides is 1. The van der Waals surface area contributed by atoms with Crippen molar-refractivity contribution in [1.82, 2.24) is 10.3 Å². The predicted octanol–water partition coefficient (Wildman–Crippen LogP) is 3.91. The number of H-pyrrole nitrogens is 1. The van der Waals surface area contributed by atoms with Crippen molar-refractivity contribution >= 4 is 46.0 Å². The van der Waals surface area contributed by atoms with Gasteiger partial charge in [-0.3, -0.25) is 4.79 Å². The topological polar surface area (TPSA) is 102 Å². The molecule has 0 radical (unpaired) electrons. The number of hydrogen-bond acceptors (Lipinski definition) is 3. The first-order valence-electron chi connectivity index (χ1n) is 8.05. The smallest absolute Gasteiger partial charge is 0.326 e. The summed E-state index contributed by atoms with van der Waals surface area (Å²) < 4.78 is 0. The number of aromatic amines is 1. The summed E-state index contributed by atoms with van der Waals surface area (Å²) in [5.41, 5.74) is 1.83. The van der Waals surface area contributed by atoms with Crippen molar-refractivity contribution in [2.45, 2.75) is 19.4 Å². The van der Waals surface area contributed by atoms with E-state index in [4.69, 9.17) is 23.2 Å². The molecule has 1 aromatic heterocycles. The summed E-state index contributed by atoms with van der Waals surface area (Å²) in [6.07, 6.45) is 1.74. The molecule has 0 unspecified atom stereocenters. The van der Waals surface area contributed by atoms with Crippen molar-refractivity contribution < 1.29 is 19.8 Å². The molecular weight excluding hydrogens is 391 g/mol. The number of hydrogen-bond donors (Lipinski definition) is 4. The zero-order valence-corrected chi connectivity index (χ0v) is 15.7. The Hall–Kier alpha value is -2.70. The van der Waals surface area contributed by atoms with Crippen LogP contribution in [0.1, 0.15) is 21.5 Å². The van der Waals surface area contributed by atoms with Crippen LogP contribution in [-0.2, 0) is 11.2 Å². The van der Waals surface area contributed by atoms with Crippen LogP contribution in [0.4, 0.5) is 0 Å². The highest BCUT2D eigenvalue weighted by molar-refractivity contribution is 6.32. The number of nitrogens with one attached hydrogen (secondary N) is 2. The Morgan fingerprint density at radius 1 is 1.22 bits per heavy atom. The lowest BCUT2D eigenvalue weighted by molar-refractivity contribution is -0.139. The summed E-state index contributed by atoms with van der Waals surface area (Å²) in [5, 5.41) is 23.7. The highest BCUT2D eigenvalue weighted by Crippen LogP contribution is 2.27. The fourth-order valence-electron chi connectivity index (χ4n) is 2.94. The van der Waals surface area contributed by atoms with Gasteiger partial charge >= 0.3 is 5.97 Å². The number of carbonyl (C=O) groups is 2. The van der Waals surface area contributed by atoms with Gasteiger partial charge in [0.1, 0.15) is 11.8 Å². The van der Waals surface area contributed by atoms with Crippen LogP contribution in [-0.4, -0.2) is 33.1 Å². The number of phenolic OH excluding ortho intramolecular Hbond substituents is 1. The second-order valence-electron chi connectivity index (χ2n) is 6.14. The first-order chi connectivity index (χ1) is 12.8. The number of halogens is 2. The average Bonchev–Trinajstić information content (AvgIpc) is 2.99. The van der Waals surface area contributed by atoms with Gasteiger partial charge in [-0.2, -0.15) is 0 Å². The van der Waals surface area contributed by atoms with Crippen LogP contribution in [0.25, 0.3) is 10.9 Å². The van der Waals surface area contributed by atoms with E-state index in [2.05, 4.69) is 10.3 Å². The quantitative estimate of drug-likeness (QED) is 0.515. The molecule has 0 aliphatic carbocycles. The van der Waals surface area contributed by atoms with Crippen molar-refractivity contribution in [3.63, 3.8) is 0 Å². The second-order valence-corrected chi connectivity index (χ2v) is 6.98. The number of benzene rings is 2. The lowest BCUT2D eigenvalue weighted by Gasteiger charge is -2.16. The van der Waals surface area contributed by atoms with Crippen LogP contribution < -0.4 is 5.32 Å². The van der Waals surface area contributed by atoms with E-state index >= 15 is 0 Å². The standard InChI is InChI=1S/C19H16Cl2N2O4/c1-9-13(21)4-5-16(24)17(9)18(25)23-15(19(26)27)6-10-8-22-14-7-11(20)2-3-12(10)14/h2-5,7-8,15,22,24H,6H2,1H3,(H,23,25)(H,26,27)/t15-/m0/s1. The zero-order valence-electron chi connectivity index (χ0n) is 14.2. The Bertz CT molecular complexity index is 1050. The van der Waals surface area contributed by atoms with E-state index in [9.17, 15) is 19.8 Å². The van der Waals surface area contributed by atoms with Crippen molar-refractivity contribution in [2.24, 2.45) is 0 Å². The van der Waals surface area contributed by atoms with Crippen LogP contribution in [0.15, 0.2) is 36.5 Å². The molecule has 0 aliphatic heterocycles. The Morgan fingerprint density at radius 3 is 2.67 bits per heavy atom. The third-order valence-electron chi connectivity index (χ3n) is 4.36. The number of carboxylic acids is 1. The molecule has 140 valence electrons. The Morgan fingerprint density at radius 2 is 1.96 bits per heavy atom. The highest BCUT2D eigenvalue weighted by atomic mass is 35.5. The summed E-state index contributed by atoms with van der Waals surface area (Å²) in [5.74, 6) is -2.16. The number of phenols is 1. The first kappa shape index (κ1) is 19.1. The number of fused-ring (bicyclic) bond motifs is 1. The van der Waals surface area contributed by atoms with Gasteiger partial charge < -0.3 is 20.5 Å². The number of carboxylic acid groups (broad SMARTS) is 1. The van der Waals surface area contributed by atoms with Crippen molar-refractivity contribution in [3.8, 4) is 5.75 Å². The Balaban J connectivity index is 1.87. The molecule has 1 heterocycles. The number of rotatable bonds is 5. The number of aromatic nitrogens is 1. The van der Waals surface area contributed by atoms with E-state index in [0.29, 0.717) is 15.6 Å². The van der Waals surface area contributed by atoms with E-state index in [0.717, 1.165) is 16.5 Å². The van der Waals surface area contributed by atoms with Gasteiger partial charge in [0.2, 0.25) is 0 Å². The minimum Gasteiger partial charge on any atom is -0.507 e. The van der Waals surface area contributed by atoms with Gasteiger partial charge in [0, 0.05) is 33.6 Å². The van der Waals surface area contributed by atoms with Gasteiger partial charge in [0.05, 0.1) is 5.56 Å². The summed E-state index contributed by atoms with van der Waals surface area (Å²) >= 11 is 12.0. The number of carbonyl (C=O) groups excluding carboxylic acids is 1. The number of aliphatic carboxylic acids is 1. The molecule has 1 amide bonds. The minimum atomic E-state index is -1.19. The summed E-state index contributed by atoms with van der Waals surface area (Å²) in [6, 6.07) is 6.81. The third kappa shape index (κ3) is 3.86. The Labute approximate surface area is 164 Å². The fourth-order valence-corrected chi connectivity index (χ4v) is 3.27. The first-order valence-corrected chi connectivity index (χ1v) is 8.80. The molecule has 3 aromatic rings. The van der Waals surface area contributed by atoms with Crippen LogP contribution in [0.3, 0.4) is 0 Å². The van der Waals surface area contributed by atoms with Crippen LogP contribution in [0, 0.1) is 6.92 Å². The van der Waals surface area contributed by atoms with Gasteiger partial charge in [-0.05, 0) is 42.3 Å². The lowest BCUT2D eigenvalue weighted by atomic mass is 10.0. The molecule has 0 aliphatic rings. The molecule has 0 saturated heterocycles. The maximum atomic E-state index is 12.6. The van der Waals surface area contributed by atoms with Crippen molar-refractivity contribution in [2.75, 3.05) is 0 Å². The molecule has 3 rings (SSSR count). The molecule has 0 saturated carbocycles. The van der Waals surface area contributed by atoms with Gasteiger partial charge in [-0.15, -0.1) is 0 Å². The van der Waals surface area contributed by atoms with Gasteiger partial charge in [0.25, 0.3) is 5.91 Å². The van der Waals surface area contributed by atoms with E-state index in [1.54, 1.807) is 31.3 Å². The van der Waals surface area contributed by atoms with Crippen molar-refractivity contribution in [1.29, 1.82) is 0 Å². The zero-order chi connectivity index (χ0) is 19.7. The average molecular weight is 407 g/mol. The SMILES string of the molecule is Cc1c(Cl)ccc(O)c1C(=O)N[C@@H](Cc1c[nH]c2cc(Cl)ccc12)C(=O)O. The summed E-state index contributed by atoms with van der Waals surface area (Å²) in [6.45, 7) is 1.58. The maximum absolute atomic E-state index is 12.6. The maximum Gasteiger partial charge on any atom is 0.326 e. The summed E-state index contributed by atoms with van der Waals surface area (Å²) in [7, 11) is 0. The van der Waals surface area contributed by atoms with Gasteiger partial charge in [0.15, 0.2) is 0 Å². The van der Waals surface area contributed by atoms with Crippen LogP contribution >= 0.6 is 23.2 Å². The molecule has 27 heavy (non-hydrogen) atoms. The van der Waals surface area contributed by atoms with E-state index in [-0.39, 0.29) is 17.7 Å². The molecule has 0 fully saturated rings. The molecule has 6 nitrogen and oxygen atoms in total. The lowest BCUT2D eigenvalue weighted by Crippen LogP contribution is -2.42. The van der Waals surface area contributed by atoms with Crippen LogP contribution in [0.2, 0.25) is 10.0 Å². The molecule has 8 heteroatoms. The minimum absolute atomic E-state index is 0.0422. The predicted molar refractivity (Wildman–Crippen MR) is 104 cm³/mol. The van der Waals surface area contributed by atoms with E-state index in [1.165, 1.54) is 12.1 Å². The molecule has 1 atom stereocenters. The highest BCUT2D eigenvalue weighted by Gasteiger charge is 2.25. The molecule has 2 aromatic carbocycles. The normalized spacial score (nSPS) is 12.1.